The molecule has 2 rings (SSSR count). The quantitative estimate of drug-likeness (QED) is 0.814. The molecule has 1 N–H and O–H groups in total. The van der Waals surface area contributed by atoms with E-state index in [0.29, 0.717) is 24.2 Å². The van der Waals surface area contributed by atoms with Crippen molar-refractivity contribution in [2.75, 3.05) is 32.5 Å². The lowest BCUT2D eigenvalue weighted by Crippen LogP contribution is -2.37. The van der Waals surface area contributed by atoms with Crippen molar-refractivity contribution in [2.45, 2.75) is 37.6 Å². The van der Waals surface area contributed by atoms with Crippen molar-refractivity contribution in [2.24, 2.45) is 5.92 Å². The van der Waals surface area contributed by atoms with Gasteiger partial charge < -0.3 is 5.32 Å². The van der Waals surface area contributed by atoms with Gasteiger partial charge in [0.05, 0.1) is 11.6 Å². The number of benzene rings is 1. The Balaban J connectivity index is 2.09. The summed E-state index contributed by atoms with van der Waals surface area (Å²) in [5.74, 6) is 0.472. The minimum Gasteiger partial charge on any atom is -0.325 e. The number of hydrogen-bond acceptors (Lipinski definition) is 4. The van der Waals surface area contributed by atoms with Gasteiger partial charge in [-0.2, -0.15) is 0 Å². The number of likely N-dealkylation sites (tertiary alicyclic amines) is 1. The average Bonchev–Trinajstić information content (AvgIpc) is 2.89. The van der Waals surface area contributed by atoms with Crippen LogP contribution in [-0.2, 0) is 14.8 Å². The normalized spacial score (nSPS) is 21.7. The number of sulfonamides is 1. The van der Waals surface area contributed by atoms with Gasteiger partial charge in [0.2, 0.25) is 15.9 Å². The summed E-state index contributed by atoms with van der Waals surface area (Å²) in [6, 6.07) is 4.87. The molecule has 140 valence electrons. The second-order valence-electron chi connectivity index (χ2n) is 6.65. The van der Waals surface area contributed by atoms with Crippen LogP contribution in [-0.4, -0.2) is 56.8 Å². The summed E-state index contributed by atoms with van der Waals surface area (Å²) < 4.78 is 25.7. The lowest BCUT2D eigenvalue weighted by Gasteiger charge is -2.23. The number of anilines is 1. The van der Waals surface area contributed by atoms with Gasteiger partial charge in [-0.05, 0) is 44.0 Å². The summed E-state index contributed by atoms with van der Waals surface area (Å²) in [6.07, 6.45) is 2.22. The smallest absolute Gasteiger partial charge is 0.244 e. The number of amides is 1. The van der Waals surface area contributed by atoms with E-state index in [0.717, 1.165) is 23.7 Å². The maximum absolute atomic E-state index is 12.3. The number of halogens is 1. The monoisotopic (exact) mass is 387 g/mol. The number of hydrogen-bond donors (Lipinski definition) is 1. The van der Waals surface area contributed by atoms with Crippen molar-refractivity contribution < 1.29 is 13.2 Å². The molecule has 0 radical (unpaired) electrons. The summed E-state index contributed by atoms with van der Waals surface area (Å²) in [5, 5.41) is 2.91. The van der Waals surface area contributed by atoms with Crippen LogP contribution in [0, 0.1) is 5.92 Å². The minimum absolute atomic E-state index is 0.0162. The van der Waals surface area contributed by atoms with Gasteiger partial charge in [0.1, 0.15) is 4.90 Å². The minimum atomic E-state index is -3.67. The summed E-state index contributed by atoms with van der Waals surface area (Å²) in [7, 11) is -0.787. The molecule has 8 heteroatoms. The fourth-order valence-corrected chi connectivity index (χ4v) is 4.60. The van der Waals surface area contributed by atoms with Crippen LogP contribution in [0.5, 0.6) is 0 Å². The zero-order chi connectivity index (χ0) is 18.8. The van der Waals surface area contributed by atoms with Gasteiger partial charge in [-0.25, -0.2) is 12.7 Å². The van der Waals surface area contributed by atoms with Gasteiger partial charge in [0.25, 0.3) is 0 Å². The average molecular weight is 388 g/mol. The Kier molecular flexibility index (Phi) is 6.48. The van der Waals surface area contributed by atoms with E-state index in [1.165, 1.54) is 26.2 Å². The summed E-state index contributed by atoms with van der Waals surface area (Å²) in [6.45, 7) is 5.54. The van der Waals surface area contributed by atoms with E-state index in [1.54, 1.807) is 6.07 Å². The van der Waals surface area contributed by atoms with Gasteiger partial charge in [-0.3, -0.25) is 9.69 Å². The molecule has 1 fully saturated rings. The highest BCUT2D eigenvalue weighted by Crippen LogP contribution is 2.28. The maximum Gasteiger partial charge on any atom is 0.244 e. The van der Waals surface area contributed by atoms with Crippen molar-refractivity contribution >= 4 is 33.2 Å². The van der Waals surface area contributed by atoms with E-state index in [4.69, 9.17) is 11.6 Å². The lowest BCUT2D eigenvalue weighted by atomic mass is 9.99. The molecule has 0 bridgehead atoms. The number of carbonyl (C=O) groups is 1. The standard InChI is InChI=1S/C17H26ClN3O3S/c1-5-13-8-9-21(12(13)2)11-17(22)19-14-6-7-15(18)16(10-14)25(23,24)20(3)4/h6-7,10,12-13H,5,8-9,11H2,1-4H3,(H,19,22)/t12-,13-/m0/s1. The highest BCUT2D eigenvalue weighted by atomic mass is 35.5. The predicted octanol–water partition coefficient (Wildman–Crippen LogP) is 2.65. The van der Waals surface area contributed by atoms with E-state index < -0.39 is 10.0 Å². The molecule has 0 unspecified atom stereocenters. The molecule has 0 saturated carbocycles. The second-order valence-corrected chi connectivity index (χ2v) is 9.18. The van der Waals surface area contributed by atoms with Gasteiger partial charge in [-0.15, -0.1) is 0 Å². The summed E-state index contributed by atoms with van der Waals surface area (Å²) in [4.78, 5) is 14.5. The topological polar surface area (TPSA) is 69.7 Å². The fourth-order valence-electron chi connectivity index (χ4n) is 3.20. The molecule has 25 heavy (non-hydrogen) atoms. The van der Waals surface area contributed by atoms with Crippen molar-refractivity contribution in [3.05, 3.63) is 23.2 Å². The van der Waals surface area contributed by atoms with E-state index in [2.05, 4.69) is 24.1 Å². The van der Waals surface area contributed by atoms with Crippen LogP contribution in [0.1, 0.15) is 26.7 Å². The molecule has 1 aliphatic heterocycles. The van der Waals surface area contributed by atoms with Gasteiger partial charge in [0.15, 0.2) is 0 Å². The molecule has 1 heterocycles. The second kappa shape index (κ2) is 8.03. The Hall–Kier alpha value is -1.15. The third-order valence-corrected chi connectivity index (χ3v) is 7.19. The van der Waals surface area contributed by atoms with Crippen LogP contribution >= 0.6 is 11.6 Å². The van der Waals surface area contributed by atoms with Crippen LogP contribution in [0.2, 0.25) is 5.02 Å². The molecule has 2 atom stereocenters. The highest BCUT2D eigenvalue weighted by Gasteiger charge is 2.30. The van der Waals surface area contributed by atoms with Crippen molar-refractivity contribution in [1.82, 2.24) is 9.21 Å². The first kappa shape index (κ1) is 20.2. The van der Waals surface area contributed by atoms with E-state index in [9.17, 15) is 13.2 Å². The Morgan fingerprint density at radius 2 is 2.08 bits per heavy atom. The zero-order valence-corrected chi connectivity index (χ0v) is 16.7. The van der Waals surface area contributed by atoms with Crippen molar-refractivity contribution in [1.29, 1.82) is 0 Å². The molecule has 1 aliphatic rings. The van der Waals surface area contributed by atoms with Crippen molar-refractivity contribution in [3.8, 4) is 0 Å². The number of nitrogens with zero attached hydrogens (tertiary/aromatic N) is 2. The fraction of sp³-hybridized carbons (Fsp3) is 0.588. The molecule has 1 saturated heterocycles. The summed E-state index contributed by atoms with van der Waals surface area (Å²) >= 11 is 6.02. The molecule has 1 aromatic rings. The van der Waals surface area contributed by atoms with Gasteiger partial charge in [0, 0.05) is 25.8 Å². The van der Waals surface area contributed by atoms with Gasteiger partial charge >= 0.3 is 0 Å². The lowest BCUT2D eigenvalue weighted by molar-refractivity contribution is -0.117. The number of rotatable bonds is 6. The first-order valence-electron chi connectivity index (χ1n) is 8.42. The first-order chi connectivity index (χ1) is 11.7. The SMILES string of the molecule is CC[C@H]1CCN(CC(=O)Nc2ccc(Cl)c(S(=O)(=O)N(C)C)c2)[C@H]1C. The third kappa shape index (κ3) is 4.53. The molecule has 6 nitrogen and oxygen atoms in total. The highest BCUT2D eigenvalue weighted by molar-refractivity contribution is 7.89. The number of nitrogens with one attached hydrogen (secondary N) is 1. The van der Waals surface area contributed by atoms with E-state index in [-0.39, 0.29) is 15.8 Å². The van der Waals surface area contributed by atoms with Crippen LogP contribution in [0.25, 0.3) is 0 Å². The Morgan fingerprint density at radius 1 is 1.40 bits per heavy atom. The Bertz CT molecular complexity index is 737. The molecule has 1 amide bonds. The molecule has 0 aliphatic carbocycles. The van der Waals surface area contributed by atoms with E-state index in [1.807, 2.05) is 0 Å². The molecule has 0 aromatic heterocycles. The van der Waals surface area contributed by atoms with Crippen LogP contribution in [0.3, 0.4) is 0 Å². The number of carbonyl (C=O) groups excluding carboxylic acids is 1. The maximum atomic E-state index is 12.3. The molecule has 0 spiro atoms. The molecular formula is C17H26ClN3O3S. The van der Waals surface area contributed by atoms with Crippen LogP contribution in [0.15, 0.2) is 23.1 Å². The Morgan fingerprint density at radius 3 is 2.64 bits per heavy atom. The Labute approximate surface area is 155 Å². The molecular weight excluding hydrogens is 362 g/mol. The molecule has 1 aromatic carbocycles. The predicted molar refractivity (Wildman–Crippen MR) is 100 cm³/mol. The van der Waals surface area contributed by atoms with Gasteiger partial charge in [-0.1, -0.05) is 24.9 Å². The van der Waals surface area contributed by atoms with E-state index >= 15 is 0 Å². The third-order valence-electron chi connectivity index (χ3n) is 4.89. The van der Waals surface area contributed by atoms with Crippen LogP contribution in [0.4, 0.5) is 5.69 Å². The van der Waals surface area contributed by atoms with Crippen molar-refractivity contribution in [3.63, 3.8) is 0 Å². The summed E-state index contributed by atoms with van der Waals surface area (Å²) in [5.41, 5.74) is 0.425. The first-order valence-corrected chi connectivity index (χ1v) is 10.2. The van der Waals surface area contributed by atoms with Crippen LogP contribution < -0.4 is 5.32 Å². The zero-order valence-electron chi connectivity index (χ0n) is 15.1. The largest absolute Gasteiger partial charge is 0.325 e.